The smallest absolute Gasteiger partial charge is 0.143 e. The third kappa shape index (κ3) is 3.79. The fourth-order valence-electron chi connectivity index (χ4n) is 9.76. The molecule has 0 spiro atoms. The maximum Gasteiger partial charge on any atom is 0.143 e. The number of hydrogen-bond donors (Lipinski definition) is 0. The fourth-order valence-corrected chi connectivity index (χ4v) is 9.76. The Kier molecular flexibility index (Phi) is 5.83. The number of fused-ring (bicyclic) bond motifs is 14. The average Bonchev–Trinajstić information content (AvgIpc) is 3.76. The zero-order valence-electron chi connectivity index (χ0n) is 29.8. The van der Waals surface area contributed by atoms with Crippen molar-refractivity contribution in [3.8, 4) is 22.3 Å². The molecule has 0 amide bonds. The molecule has 0 radical (unpaired) electrons. The standard InChI is InChI=1S/C50H37NO/c1-49(2)39-20-11-9-16-34(39)35-27-26-33(29-41(35)49)51(32-25-24-30-14-5-6-15-31(30)28-32)42-22-13-23-43-45(42)46-47-44(36-17-7-8-18-37(36)48(46)52-43)38-19-10-12-21-40(38)50(47,3)4/h5-29H,1-4H3. The molecule has 0 saturated carbocycles. The Hall–Kier alpha value is -6.12. The van der Waals surface area contributed by atoms with Crippen LogP contribution in [0.5, 0.6) is 0 Å². The molecule has 0 aliphatic heterocycles. The zero-order valence-corrected chi connectivity index (χ0v) is 29.8. The van der Waals surface area contributed by atoms with Gasteiger partial charge in [0.1, 0.15) is 11.2 Å². The third-order valence-electron chi connectivity index (χ3n) is 12.2. The zero-order chi connectivity index (χ0) is 34.9. The first-order valence-corrected chi connectivity index (χ1v) is 18.4. The molecule has 2 aliphatic rings. The Bertz CT molecular complexity index is 2980. The van der Waals surface area contributed by atoms with Gasteiger partial charge in [0, 0.05) is 33.0 Å². The van der Waals surface area contributed by atoms with Crippen molar-refractivity contribution in [1.29, 1.82) is 0 Å². The van der Waals surface area contributed by atoms with Gasteiger partial charge in [-0.1, -0.05) is 143 Å². The van der Waals surface area contributed by atoms with E-state index < -0.39 is 0 Å². The Labute approximate surface area is 303 Å². The van der Waals surface area contributed by atoms with E-state index in [2.05, 4.69) is 184 Å². The maximum atomic E-state index is 7.04. The van der Waals surface area contributed by atoms with Gasteiger partial charge in [0.15, 0.2) is 0 Å². The second-order valence-corrected chi connectivity index (χ2v) is 15.7. The van der Waals surface area contributed by atoms with E-state index in [1.807, 2.05) is 0 Å². The predicted octanol–water partition coefficient (Wildman–Crippen LogP) is 14.0. The van der Waals surface area contributed by atoms with Gasteiger partial charge in [-0.25, -0.2) is 0 Å². The summed E-state index contributed by atoms with van der Waals surface area (Å²) in [5.74, 6) is 0. The molecule has 2 aliphatic carbocycles. The highest BCUT2D eigenvalue weighted by Crippen LogP contribution is 2.58. The van der Waals surface area contributed by atoms with Crippen LogP contribution in [0.25, 0.3) is 65.7 Å². The summed E-state index contributed by atoms with van der Waals surface area (Å²) in [7, 11) is 0. The van der Waals surface area contributed by atoms with Crippen molar-refractivity contribution in [1.82, 2.24) is 0 Å². The first kappa shape index (κ1) is 29.6. The van der Waals surface area contributed by atoms with Crippen LogP contribution >= 0.6 is 0 Å². The summed E-state index contributed by atoms with van der Waals surface area (Å²) in [5, 5.41) is 7.20. The van der Waals surface area contributed by atoms with E-state index in [4.69, 9.17) is 4.42 Å². The number of hydrogen-bond acceptors (Lipinski definition) is 2. The van der Waals surface area contributed by atoms with Crippen molar-refractivity contribution in [3.63, 3.8) is 0 Å². The van der Waals surface area contributed by atoms with E-state index in [0.717, 1.165) is 39.0 Å². The van der Waals surface area contributed by atoms with Crippen LogP contribution in [0.3, 0.4) is 0 Å². The molecule has 1 heterocycles. The molecule has 0 atom stereocenters. The minimum absolute atomic E-state index is 0.124. The monoisotopic (exact) mass is 667 g/mol. The van der Waals surface area contributed by atoms with E-state index in [1.165, 1.54) is 66.1 Å². The van der Waals surface area contributed by atoms with Gasteiger partial charge in [0.25, 0.3) is 0 Å². The number of rotatable bonds is 3. The normalized spacial score (nSPS) is 14.8. The first-order valence-electron chi connectivity index (χ1n) is 18.4. The number of furan rings is 1. The van der Waals surface area contributed by atoms with Crippen LogP contribution < -0.4 is 4.90 Å². The molecule has 52 heavy (non-hydrogen) atoms. The van der Waals surface area contributed by atoms with Gasteiger partial charge in [-0.05, 0) is 97.1 Å². The lowest BCUT2D eigenvalue weighted by Crippen LogP contribution is -2.17. The van der Waals surface area contributed by atoms with E-state index in [0.29, 0.717) is 0 Å². The lowest BCUT2D eigenvalue weighted by molar-refractivity contribution is 0.659. The van der Waals surface area contributed by atoms with Crippen molar-refractivity contribution < 1.29 is 4.42 Å². The van der Waals surface area contributed by atoms with Gasteiger partial charge in [-0.15, -0.1) is 0 Å². The average molecular weight is 668 g/mol. The molecular formula is C50H37NO. The highest BCUT2D eigenvalue weighted by Gasteiger charge is 2.41. The maximum absolute atomic E-state index is 7.04. The highest BCUT2D eigenvalue weighted by atomic mass is 16.3. The van der Waals surface area contributed by atoms with Crippen molar-refractivity contribution in [3.05, 3.63) is 174 Å². The third-order valence-corrected chi connectivity index (χ3v) is 12.2. The summed E-state index contributed by atoms with van der Waals surface area (Å²) in [6.45, 7) is 9.49. The van der Waals surface area contributed by atoms with E-state index in [-0.39, 0.29) is 10.8 Å². The van der Waals surface area contributed by atoms with Gasteiger partial charge in [0.2, 0.25) is 0 Å². The SMILES string of the molecule is CC1(C)c2ccccc2-c2ccc(N(c3ccc4ccccc4c3)c3cccc4oc5c6ccccc6c6c(c5c34)C(C)(C)c3ccccc3-6)cc21. The van der Waals surface area contributed by atoms with Gasteiger partial charge < -0.3 is 9.32 Å². The lowest BCUT2D eigenvalue weighted by atomic mass is 9.79. The quantitative estimate of drug-likeness (QED) is 0.186. The molecule has 0 fully saturated rings. The Balaban J connectivity index is 1.26. The van der Waals surface area contributed by atoms with Gasteiger partial charge in [-0.3, -0.25) is 0 Å². The molecule has 0 N–H and O–H groups in total. The van der Waals surface area contributed by atoms with Crippen molar-refractivity contribution in [2.45, 2.75) is 38.5 Å². The number of benzene rings is 8. The van der Waals surface area contributed by atoms with Gasteiger partial charge >= 0.3 is 0 Å². The molecule has 8 aromatic carbocycles. The Morgan fingerprint density at radius 3 is 1.92 bits per heavy atom. The molecule has 2 heteroatoms. The lowest BCUT2D eigenvalue weighted by Gasteiger charge is -2.29. The number of anilines is 3. The summed E-state index contributed by atoms with van der Waals surface area (Å²) >= 11 is 0. The van der Waals surface area contributed by atoms with E-state index in [9.17, 15) is 0 Å². The molecule has 0 saturated heterocycles. The second kappa shape index (κ2) is 10.2. The van der Waals surface area contributed by atoms with Gasteiger partial charge in [-0.2, -0.15) is 0 Å². The predicted molar refractivity (Wildman–Crippen MR) is 219 cm³/mol. The molecule has 0 bridgehead atoms. The minimum atomic E-state index is -0.227. The van der Waals surface area contributed by atoms with Crippen molar-refractivity contribution in [2.75, 3.05) is 4.90 Å². The second-order valence-electron chi connectivity index (χ2n) is 15.7. The molecule has 248 valence electrons. The molecule has 11 rings (SSSR count). The largest absolute Gasteiger partial charge is 0.455 e. The molecule has 0 unspecified atom stereocenters. The van der Waals surface area contributed by atoms with Crippen LogP contribution in [0.1, 0.15) is 49.9 Å². The van der Waals surface area contributed by atoms with Crippen LogP contribution in [-0.4, -0.2) is 0 Å². The van der Waals surface area contributed by atoms with Crippen molar-refractivity contribution in [2.24, 2.45) is 0 Å². The van der Waals surface area contributed by atoms with Crippen LogP contribution in [0.15, 0.2) is 156 Å². The summed E-state index contributed by atoms with van der Waals surface area (Å²) in [6.07, 6.45) is 0. The molecule has 9 aromatic rings. The van der Waals surface area contributed by atoms with Crippen LogP contribution in [-0.2, 0) is 10.8 Å². The van der Waals surface area contributed by atoms with E-state index in [1.54, 1.807) is 0 Å². The van der Waals surface area contributed by atoms with Crippen LogP contribution in [0.2, 0.25) is 0 Å². The Morgan fingerprint density at radius 1 is 0.462 bits per heavy atom. The van der Waals surface area contributed by atoms with Gasteiger partial charge in [0.05, 0.1) is 11.1 Å². The molecule has 2 nitrogen and oxygen atoms in total. The van der Waals surface area contributed by atoms with Crippen molar-refractivity contribution >= 4 is 60.5 Å². The van der Waals surface area contributed by atoms with Crippen LogP contribution in [0.4, 0.5) is 17.1 Å². The minimum Gasteiger partial charge on any atom is -0.455 e. The topological polar surface area (TPSA) is 16.4 Å². The summed E-state index contributed by atoms with van der Waals surface area (Å²) in [6, 6.07) is 55.8. The van der Waals surface area contributed by atoms with E-state index >= 15 is 0 Å². The first-order chi connectivity index (χ1) is 25.3. The van der Waals surface area contributed by atoms with Crippen LogP contribution in [0, 0.1) is 0 Å². The Morgan fingerprint density at radius 2 is 1.10 bits per heavy atom. The summed E-state index contributed by atoms with van der Waals surface area (Å²) < 4.78 is 7.04. The molecular weight excluding hydrogens is 631 g/mol. The molecule has 1 aromatic heterocycles. The number of nitrogens with zero attached hydrogens (tertiary/aromatic N) is 1. The fraction of sp³-hybridized carbons (Fsp3) is 0.120. The highest BCUT2D eigenvalue weighted by molar-refractivity contribution is 6.26. The summed E-state index contributed by atoms with van der Waals surface area (Å²) in [4.78, 5) is 2.47. The summed E-state index contributed by atoms with van der Waals surface area (Å²) in [5.41, 5.74) is 15.6.